The molecule has 0 aliphatic rings. The SMILES string of the molecule is CC(C)(C)C(=O)c1cc(=O)[nH]c(=O)[nH]1. The summed E-state index contributed by atoms with van der Waals surface area (Å²) in [6.45, 7) is 5.15. The molecule has 1 aromatic heterocycles. The Balaban J connectivity index is 3.28. The molecule has 5 nitrogen and oxygen atoms in total. The molecule has 0 saturated heterocycles. The van der Waals surface area contributed by atoms with E-state index in [4.69, 9.17) is 0 Å². The lowest BCUT2D eigenvalue weighted by Crippen LogP contribution is -2.29. The van der Waals surface area contributed by atoms with E-state index < -0.39 is 16.7 Å². The van der Waals surface area contributed by atoms with Crippen LogP contribution in [-0.2, 0) is 0 Å². The molecule has 1 heterocycles. The molecule has 0 saturated carbocycles. The molecule has 2 N–H and O–H groups in total. The lowest BCUT2D eigenvalue weighted by molar-refractivity contribution is 0.0852. The van der Waals surface area contributed by atoms with Gasteiger partial charge in [-0.25, -0.2) is 4.79 Å². The number of rotatable bonds is 1. The third-order valence-electron chi connectivity index (χ3n) is 1.69. The fourth-order valence-corrected chi connectivity index (χ4v) is 0.995. The smallest absolute Gasteiger partial charge is 0.304 e. The Bertz CT molecular complexity index is 434. The van der Waals surface area contributed by atoms with Gasteiger partial charge in [0.05, 0.1) is 5.69 Å². The zero-order chi connectivity index (χ0) is 10.9. The number of hydrogen-bond acceptors (Lipinski definition) is 3. The van der Waals surface area contributed by atoms with E-state index >= 15 is 0 Å². The summed E-state index contributed by atoms with van der Waals surface area (Å²) in [5.74, 6) is -0.263. The lowest BCUT2D eigenvalue weighted by Gasteiger charge is -2.15. The van der Waals surface area contributed by atoms with Gasteiger partial charge in [-0.15, -0.1) is 0 Å². The number of hydrogen-bond donors (Lipinski definition) is 2. The first kappa shape index (κ1) is 10.4. The van der Waals surface area contributed by atoms with Crippen molar-refractivity contribution in [3.8, 4) is 0 Å². The van der Waals surface area contributed by atoms with Crippen molar-refractivity contribution >= 4 is 5.78 Å². The zero-order valence-electron chi connectivity index (χ0n) is 8.30. The van der Waals surface area contributed by atoms with Gasteiger partial charge >= 0.3 is 5.69 Å². The van der Waals surface area contributed by atoms with Crippen molar-refractivity contribution in [1.29, 1.82) is 0 Å². The summed E-state index contributed by atoms with van der Waals surface area (Å²) in [6.07, 6.45) is 0. The number of aromatic nitrogens is 2. The van der Waals surface area contributed by atoms with Gasteiger partial charge in [0, 0.05) is 11.5 Å². The molecule has 5 heteroatoms. The van der Waals surface area contributed by atoms with Crippen LogP contribution in [0.1, 0.15) is 31.3 Å². The largest absolute Gasteiger partial charge is 0.326 e. The zero-order valence-corrected chi connectivity index (χ0v) is 8.30. The number of ketones is 1. The minimum atomic E-state index is -0.662. The van der Waals surface area contributed by atoms with E-state index in [2.05, 4.69) is 4.98 Å². The summed E-state index contributed by atoms with van der Waals surface area (Å²) in [5, 5.41) is 0. The minimum Gasteiger partial charge on any atom is -0.304 e. The fourth-order valence-electron chi connectivity index (χ4n) is 0.995. The predicted octanol–water partition coefficient (Wildman–Crippen LogP) is 0.292. The molecule has 0 amide bonds. The van der Waals surface area contributed by atoms with E-state index in [0.717, 1.165) is 6.07 Å². The maximum absolute atomic E-state index is 11.6. The Morgan fingerprint density at radius 1 is 1.21 bits per heavy atom. The summed E-state index contributed by atoms with van der Waals surface area (Å²) in [6, 6.07) is 1.09. The van der Waals surface area contributed by atoms with E-state index in [-0.39, 0.29) is 11.5 Å². The van der Waals surface area contributed by atoms with Crippen LogP contribution < -0.4 is 11.2 Å². The van der Waals surface area contributed by atoms with Crippen LogP contribution >= 0.6 is 0 Å². The first-order valence-corrected chi connectivity index (χ1v) is 4.19. The quantitative estimate of drug-likeness (QED) is 0.633. The van der Waals surface area contributed by atoms with Crippen LogP contribution in [0.5, 0.6) is 0 Å². The molecule has 0 bridgehead atoms. The Hall–Kier alpha value is -1.65. The Labute approximate surface area is 80.2 Å². The molecule has 14 heavy (non-hydrogen) atoms. The van der Waals surface area contributed by atoms with Gasteiger partial charge in [-0.05, 0) is 0 Å². The third-order valence-corrected chi connectivity index (χ3v) is 1.69. The van der Waals surface area contributed by atoms with E-state index in [1.54, 1.807) is 20.8 Å². The van der Waals surface area contributed by atoms with Gasteiger partial charge in [-0.2, -0.15) is 0 Å². The number of aromatic amines is 2. The van der Waals surface area contributed by atoms with E-state index in [9.17, 15) is 14.4 Å². The molecule has 0 radical (unpaired) electrons. The summed E-state index contributed by atoms with van der Waals surface area (Å²) < 4.78 is 0. The second-order valence-electron chi connectivity index (χ2n) is 4.08. The molecule has 0 atom stereocenters. The van der Waals surface area contributed by atoms with Crippen molar-refractivity contribution in [2.24, 2.45) is 5.41 Å². The molecule has 0 aliphatic carbocycles. The third kappa shape index (κ3) is 2.18. The molecular weight excluding hydrogens is 184 g/mol. The van der Waals surface area contributed by atoms with Crippen molar-refractivity contribution in [2.75, 3.05) is 0 Å². The van der Waals surface area contributed by atoms with Crippen LogP contribution in [0.25, 0.3) is 0 Å². The van der Waals surface area contributed by atoms with Crippen molar-refractivity contribution in [3.63, 3.8) is 0 Å². The highest BCUT2D eigenvalue weighted by atomic mass is 16.2. The van der Waals surface area contributed by atoms with Gasteiger partial charge in [-0.3, -0.25) is 14.6 Å². The van der Waals surface area contributed by atoms with Crippen LogP contribution in [-0.4, -0.2) is 15.8 Å². The highest BCUT2D eigenvalue weighted by molar-refractivity contribution is 5.97. The maximum Gasteiger partial charge on any atom is 0.326 e. The standard InChI is InChI=1S/C9H12N2O3/c1-9(2,3)7(13)5-4-6(12)11-8(14)10-5/h4H,1-3H3,(H2,10,11,12,14). The van der Waals surface area contributed by atoms with Crippen molar-refractivity contribution in [2.45, 2.75) is 20.8 Å². The van der Waals surface area contributed by atoms with E-state index in [0.29, 0.717) is 0 Å². The Morgan fingerprint density at radius 2 is 1.79 bits per heavy atom. The summed E-state index contributed by atoms with van der Waals surface area (Å²) >= 11 is 0. The summed E-state index contributed by atoms with van der Waals surface area (Å²) in [5.41, 5.74) is -1.80. The van der Waals surface area contributed by atoms with Crippen molar-refractivity contribution < 1.29 is 4.79 Å². The van der Waals surface area contributed by atoms with Crippen LogP contribution in [0.15, 0.2) is 15.7 Å². The van der Waals surface area contributed by atoms with Crippen LogP contribution in [0.2, 0.25) is 0 Å². The molecule has 0 fully saturated rings. The van der Waals surface area contributed by atoms with Crippen LogP contribution in [0.3, 0.4) is 0 Å². The first-order valence-electron chi connectivity index (χ1n) is 4.19. The summed E-state index contributed by atoms with van der Waals surface area (Å²) in [4.78, 5) is 37.7. The van der Waals surface area contributed by atoms with Gasteiger partial charge in [0.15, 0.2) is 5.78 Å². The molecule has 1 rings (SSSR count). The average molecular weight is 196 g/mol. The van der Waals surface area contributed by atoms with Crippen LogP contribution in [0.4, 0.5) is 0 Å². The Morgan fingerprint density at radius 3 is 2.21 bits per heavy atom. The molecule has 0 unspecified atom stereocenters. The average Bonchev–Trinajstić information content (AvgIpc) is 1.99. The highest BCUT2D eigenvalue weighted by Gasteiger charge is 2.23. The number of carbonyl (C=O) groups is 1. The number of nitrogens with one attached hydrogen (secondary N) is 2. The molecule has 76 valence electrons. The van der Waals surface area contributed by atoms with Crippen molar-refractivity contribution in [1.82, 2.24) is 9.97 Å². The normalized spacial score (nSPS) is 11.4. The van der Waals surface area contributed by atoms with Gasteiger partial charge < -0.3 is 4.98 Å². The van der Waals surface area contributed by atoms with Gasteiger partial charge in [-0.1, -0.05) is 20.8 Å². The molecule has 0 spiro atoms. The highest BCUT2D eigenvalue weighted by Crippen LogP contribution is 2.17. The molecule has 0 aromatic carbocycles. The molecule has 1 aromatic rings. The van der Waals surface area contributed by atoms with Gasteiger partial charge in [0.2, 0.25) is 0 Å². The number of carbonyl (C=O) groups excluding carboxylic acids is 1. The maximum atomic E-state index is 11.6. The topological polar surface area (TPSA) is 82.8 Å². The lowest BCUT2D eigenvalue weighted by atomic mass is 9.89. The summed E-state index contributed by atoms with van der Waals surface area (Å²) in [7, 11) is 0. The predicted molar refractivity (Wildman–Crippen MR) is 51.5 cm³/mol. The Kier molecular flexibility index (Phi) is 2.42. The second-order valence-corrected chi connectivity index (χ2v) is 4.08. The van der Waals surface area contributed by atoms with Gasteiger partial charge in [0.1, 0.15) is 0 Å². The number of H-pyrrole nitrogens is 2. The fraction of sp³-hybridized carbons (Fsp3) is 0.444. The minimum absolute atomic E-state index is 0.0475. The van der Waals surface area contributed by atoms with E-state index in [1.807, 2.05) is 4.98 Å². The van der Waals surface area contributed by atoms with E-state index in [1.165, 1.54) is 0 Å². The monoisotopic (exact) mass is 196 g/mol. The molecular formula is C9H12N2O3. The van der Waals surface area contributed by atoms with Crippen LogP contribution in [0, 0.1) is 5.41 Å². The molecule has 0 aliphatic heterocycles. The first-order chi connectivity index (χ1) is 6.30. The second kappa shape index (κ2) is 3.25. The van der Waals surface area contributed by atoms with Gasteiger partial charge in [0.25, 0.3) is 5.56 Å². The van der Waals surface area contributed by atoms with Crippen molar-refractivity contribution in [3.05, 3.63) is 32.6 Å². The number of Topliss-reactive ketones (excluding diaryl/α,β-unsaturated/α-hetero) is 1.